The maximum Gasteiger partial charge on any atom is 0.416 e. The average Bonchev–Trinajstić information content (AvgIpc) is 2.77. The zero-order valence-corrected chi connectivity index (χ0v) is 14.6. The second-order valence-electron chi connectivity index (χ2n) is 6.56. The van der Waals surface area contributed by atoms with E-state index in [9.17, 15) is 22.8 Å². The molecule has 1 aliphatic rings. The smallest absolute Gasteiger partial charge is 0.416 e. The molecule has 1 atom stereocenters. The number of halogens is 3. The third-order valence-corrected chi connectivity index (χ3v) is 4.66. The van der Waals surface area contributed by atoms with Gasteiger partial charge in [0, 0.05) is 26.1 Å². The molecule has 0 aromatic heterocycles. The number of nitrogens with zero attached hydrogens (tertiary/aromatic N) is 2. The summed E-state index contributed by atoms with van der Waals surface area (Å²) in [6, 6.07) is 5.33. The first-order chi connectivity index (χ1) is 12.2. The van der Waals surface area contributed by atoms with Crippen molar-refractivity contribution in [3.8, 4) is 0 Å². The van der Waals surface area contributed by atoms with E-state index in [4.69, 9.17) is 5.11 Å². The Bertz CT molecular complexity index is 649. The van der Waals surface area contributed by atoms with Crippen molar-refractivity contribution in [3.63, 3.8) is 0 Å². The van der Waals surface area contributed by atoms with E-state index in [-0.39, 0.29) is 30.6 Å². The van der Waals surface area contributed by atoms with E-state index in [1.807, 2.05) is 4.90 Å². The summed E-state index contributed by atoms with van der Waals surface area (Å²) in [5.41, 5.74) is -0.399. The Kier molecular flexibility index (Phi) is 6.63. The predicted molar refractivity (Wildman–Crippen MR) is 89.4 cm³/mol. The van der Waals surface area contributed by atoms with Gasteiger partial charge in [-0.15, -0.1) is 0 Å². The molecule has 1 aromatic carbocycles. The Morgan fingerprint density at radius 2 is 1.92 bits per heavy atom. The van der Waals surface area contributed by atoms with Gasteiger partial charge in [0.05, 0.1) is 5.56 Å². The van der Waals surface area contributed by atoms with Gasteiger partial charge >= 0.3 is 12.1 Å². The lowest BCUT2D eigenvalue weighted by atomic mass is 10.1. The summed E-state index contributed by atoms with van der Waals surface area (Å²) < 4.78 is 39.4. The van der Waals surface area contributed by atoms with Gasteiger partial charge in [-0.25, -0.2) is 0 Å². The molecule has 1 aromatic rings. The van der Waals surface area contributed by atoms with Crippen LogP contribution in [0.15, 0.2) is 24.3 Å². The van der Waals surface area contributed by atoms with Crippen LogP contribution < -0.4 is 0 Å². The van der Waals surface area contributed by atoms with Gasteiger partial charge in [0.15, 0.2) is 0 Å². The first-order valence-electron chi connectivity index (χ1n) is 8.55. The first-order valence-corrected chi connectivity index (χ1v) is 8.55. The number of carbonyl (C=O) groups excluding carboxylic acids is 1. The van der Waals surface area contributed by atoms with Crippen LogP contribution in [0.5, 0.6) is 0 Å². The fourth-order valence-corrected chi connectivity index (χ4v) is 3.43. The summed E-state index contributed by atoms with van der Waals surface area (Å²) in [6.07, 6.45) is -2.51. The SMILES string of the molecule is CC(=O)N(CC(=O)O)[C@H]1CCCN(Cc2ccccc2C(F)(F)F)CC1. The molecule has 26 heavy (non-hydrogen) atoms. The number of likely N-dealkylation sites (tertiary alicyclic amines) is 1. The van der Waals surface area contributed by atoms with Gasteiger partial charge in [-0.05, 0) is 37.4 Å². The number of carboxylic acid groups (broad SMARTS) is 1. The van der Waals surface area contributed by atoms with Crippen molar-refractivity contribution in [2.45, 2.75) is 44.9 Å². The van der Waals surface area contributed by atoms with Crippen LogP contribution in [0.4, 0.5) is 13.2 Å². The highest BCUT2D eigenvalue weighted by atomic mass is 19.4. The van der Waals surface area contributed by atoms with Crippen LogP contribution in [0.2, 0.25) is 0 Å². The Morgan fingerprint density at radius 3 is 2.54 bits per heavy atom. The number of hydrogen-bond acceptors (Lipinski definition) is 3. The molecular weight excluding hydrogens is 349 g/mol. The quantitative estimate of drug-likeness (QED) is 0.863. The molecule has 0 unspecified atom stereocenters. The van der Waals surface area contributed by atoms with E-state index in [2.05, 4.69) is 0 Å². The molecule has 1 N–H and O–H groups in total. The van der Waals surface area contributed by atoms with Crippen LogP contribution in [0.25, 0.3) is 0 Å². The Hall–Kier alpha value is -2.09. The lowest BCUT2D eigenvalue weighted by Crippen LogP contribution is -2.42. The van der Waals surface area contributed by atoms with Crippen molar-refractivity contribution in [3.05, 3.63) is 35.4 Å². The minimum absolute atomic E-state index is 0.182. The molecule has 0 spiro atoms. The number of amides is 1. The summed E-state index contributed by atoms with van der Waals surface area (Å²) in [4.78, 5) is 26.0. The van der Waals surface area contributed by atoms with Crippen molar-refractivity contribution in [1.29, 1.82) is 0 Å². The number of carbonyl (C=O) groups is 2. The van der Waals surface area contributed by atoms with E-state index in [1.54, 1.807) is 6.07 Å². The number of aliphatic carboxylic acids is 1. The fourth-order valence-electron chi connectivity index (χ4n) is 3.43. The van der Waals surface area contributed by atoms with Crippen LogP contribution >= 0.6 is 0 Å². The Balaban J connectivity index is 2.05. The molecule has 0 aliphatic carbocycles. The van der Waals surface area contributed by atoms with Gasteiger partial charge < -0.3 is 10.0 Å². The predicted octanol–water partition coefficient (Wildman–Crippen LogP) is 2.99. The molecule has 8 heteroatoms. The molecule has 1 fully saturated rings. The summed E-state index contributed by atoms with van der Waals surface area (Å²) in [5.74, 6) is -1.37. The summed E-state index contributed by atoms with van der Waals surface area (Å²) >= 11 is 0. The number of carboxylic acids is 1. The second kappa shape index (κ2) is 8.53. The van der Waals surface area contributed by atoms with E-state index in [1.165, 1.54) is 24.0 Å². The van der Waals surface area contributed by atoms with Crippen molar-refractivity contribution >= 4 is 11.9 Å². The highest BCUT2D eigenvalue weighted by Crippen LogP contribution is 2.32. The highest BCUT2D eigenvalue weighted by Gasteiger charge is 2.33. The standard InChI is InChI=1S/C18H23F3N2O3/c1-13(24)23(12-17(25)26)15-6-4-9-22(10-8-15)11-14-5-2-3-7-16(14)18(19,20)21/h2-3,5,7,15H,4,6,8-12H2,1H3,(H,25,26)/t15-/m0/s1. The van der Waals surface area contributed by atoms with E-state index < -0.39 is 17.7 Å². The second-order valence-corrected chi connectivity index (χ2v) is 6.56. The maximum absolute atomic E-state index is 13.1. The number of alkyl halides is 3. The minimum Gasteiger partial charge on any atom is -0.480 e. The number of rotatable bonds is 5. The van der Waals surface area contributed by atoms with Crippen LogP contribution in [0, 0.1) is 0 Å². The normalized spacial score (nSPS) is 19.0. The molecule has 1 heterocycles. The van der Waals surface area contributed by atoms with Gasteiger partial charge in [0.25, 0.3) is 0 Å². The largest absolute Gasteiger partial charge is 0.480 e. The molecule has 5 nitrogen and oxygen atoms in total. The maximum atomic E-state index is 13.1. The Morgan fingerprint density at radius 1 is 1.23 bits per heavy atom. The lowest BCUT2D eigenvalue weighted by Gasteiger charge is -2.29. The summed E-state index contributed by atoms with van der Waals surface area (Å²) in [7, 11) is 0. The summed E-state index contributed by atoms with van der Waals surface area (Å²) in [5, 5.41) is 8.98. The van der Waals surface area contributed by atoms with Gasteiger partial charge in [-0.2, -0.15) is 13.2 Å². The number of hydrogen-bond donors (Lipinski definition) is 1. The summed E-state index contributed by atoms with van der Waals surface area (Å²) in [6.45, 7) is 2.30. The first kappa shape index (κ1) is 20.2. The van der Waals surface area contributed by atoms with Gasteiger partial charge in [-0.1, -0.05) is 18.2 Å². The van der Waals surface area contributed by atoms with Crippen molar-refractivity contribution in [1.82, 2.24) is 9.80 Å². The zero-order valence-electron chi connectivity index (χ0n) is 14.6. The molecule has 1 saturated heterocycles. The van der Waals surface area contributed by atoms with Crippen molar-refractivity contribution < 1.29 is 27.9 Å². The van der Waals surface area contributed by atoms with Crippen LogP contribution in [0.3, 0.4) is 0 Å². The van der Waals surface area contributed by atoms with Gasteiger partial charge in [0.1, 0.15) is 6.54 Å². The molecular formula is C18H23F3N2O3. The monoisotopic (exact) mass is 372 g/mol. The van der Waals surface area contributed by atoms with Crippen molar-refractivity contribution in [2.75, 3.05) is 19.6 Å². The van der Waals surface area contributed by atoms with Gasteiger partial charge in [-0.3, -0.25) is 14.5 Å². The molecule has 144 valence electrons. The van der Waals surface area contributed by atoms with Crippen LogP contribution in [-0.2, 0) is 22.3 Å². The molecule has 1 amide bonds. The van der Waals surface area contributed by atoms with E-state index in [0.29, 0.717) is 32.4 Å². The van der Waals surface area contributed by atoms with Crippen molar-refractivity contribution in [2.24, 2.45) is 0 Å². The molecule has 2 rings (SSSR count). The van der Waals surface area contributed by atoms with Crippen LogP contribution in [0.1, 0.15) is 37.3 Å². The highest BCUT2D eigenvalue weighted by molar-refractivity contribution is 5.79. The van der Waals surface area contributed by atoms with Gasteiger partial charge in [0.2, 0.25) is 5.91 Å². The minimum atomic E-state index is -4.39. The third kappa shape index (κ3) is 5.45. The molecule has 1 aliphatic heterocycles. The van der Waals surface area contributed by atoms with Crippen LogP contribution in [-0.4, -0.2) is 52.5 Å². The van der Waals surface area contributed by atoms with E-state index in [0.717, 1.165) is 6.07 Å². The van der Waals surface area contributed by atoms with E-state index >= 15 is 0 Å². The zero-order chi connectivity index (χ0) is 19.3. The fraction of sp³-hybridized carbons (Fsp3) is 0.556. The molecule has 0 saturated carbocycles. The number of benzene rings is 1. The average molecular weight is 372 g/mol. The topological polar surface area (TPSA) is 60.9 Å². The molecule has 0 bridgehead atoms. The molecule has 0 radical (unpaired) electrons. The lowest BCUT2D eigenvalue weighted by molar-refractivity contribution is -0.145. The third-order valence-electron chi connectivity index (χ3n) is 4.66. The Labute approximate surface area is 150 Å².